The zero-order valence-corrected chi connectivity index (χ0v) is 13.8. The average Bonchev–Trinajstić information content (AvgIpc) is 3.01. The molecule has 0 fully saturated rings. The first-order chi connectivity index (χ1) is 11.0. The predicted molar refractivity (Wildman–Crippen MR) is 90.2 cm³/mol. The first-order valence-corrected chi connectivity index (χ1v) is 7.90. The molecule has 120 valence electrons. The Kier molecular flexibility index (Phi) is 4.39. The monoisotopic (exact) mass is 310 g/mol. The van der Waals surface area contributed by atoms with Crippen molar-refractivity contribution >= 4 is 10.9 Å². The fourth-order valence-electron chi connectivity index (χ4n) is 2.40. The summed E-state index contributed by atoms with van der Waals surface area (Å²) in [6, 6.07) is 10.3. The van der Waals surface area contributed by atoms with Crippen LogP contribution in [0.4, 0.5) is 0 Å². The van der Waals surface area contributed by atoms with E-state index in [2.05, 4.69) is 53.3 Å². The molecule has 0 bridgehead atoms. The van der Waals surface area contributed by atoms with E-state index in [-0.39, 0.29) is 5.41 Å². The van der Waals surface area contributed by atoms with Crippen LogP contribution in [0.2, 0.25) is 0 Å². The Morgan fingerprint density at radius 3 is 2.78 bits per heavy atom. The van der Waals surface area contributed by atoms with E-state index in [1.165, 1.54) is 10.9 Å². The van der Waals surface area contributed by atoms with Gasteiger partial charge in [0.15, 0.2) is 5.82 Å². The third-order valence-corrected chi connectivity index (χ3v) is 3.69. The number of rotatable bonds is 5. The van der Waals surface area contributed by atoms with Gasteiger partial charge in [0, 0.05) is 36.5 Å². The van der Waals surface area contributed by atoms with Gasteiger partial charge in [0.1, 0.15) is 0 Å². The topological polar surface area (TPSA) is 63.8 Å². The van der Waals surface area contributed by atoms with E-state index in [0.29, 0.717) is 5.89 Å². The molecule has 2 aromatic heterocycles. The number of nitrogens with zero attached hydrogens (tertiary/aromatic N) is 3. The molecule has 0 amide bonds. The Balaban J connectivity index is 1.56. The number of benzene rings is 1. The molecule has 1 N–H and O–H groups in total. The lowest BCUT2D eigenvalue weighted by Gasteiger charge is -2.10. The summed E-state index contributed by atoms with van der Waals surface area (Å²) in [6.45, 7) is 7.80. The van der Waals surface area contributed by atoms with Crippen molar-refractivity contribution in [3.63, 3.8) is 0 Å². The maximum absolute atomic E-state index is 5.30. The van der Waals surface area contributed by atoms with E-state index in [9.17, 15) is 0 Å². The third-order valence-electron chi connectivity index (χ3n) is 3.69. The molecule has 0 saturated heterocycles. The Morgan fingerprint density at radius 2 is 2.00 bits per heavy atom. The molecule has 0 spiro atoms. The maximum atomic E-state index is 5.30. The van der Waals surface area contributed by atoms with Crippen LogP contribution in [0.15, 0.2) is 41.1 Å². The number of aromatic nitrogens is 3. The first kappa shape index (κ1) is 15.6. The van der Waals surface area contributed by atoms with Gasteiger partial charge in [-0.25, -0.2) is 0 Å². The highest BCUT2D eigenvalue weighted by Gasteiger charge is 2.21. The molecule has 0 aliphatic heterocycles. The van der Waals surface area contributed by atoms with E-state index in [4.69, 9.17) is 4.52 Å². The SMILES string of the molecule is CC(C)(C)c1nc(CCNCc2cccc3ncccc23)no1. The van der Waals surface area contributed by atoms with Crippen molar-refractivity contribution < 1.29 is 4.52 Å². The van der Waals surface area contributed by atoms with Crippen LogP contribution < -0.4 is 5.32 Å². The van der Waals surface area contributed by atoms with Crippen LogP contribution in [0.1, 0.15) is 38.0 Å². The third kappa shape index (κ3) is 3.74. The van der Waals surface area contributed by atoms with Gasteiger partial charge in [-0.2, -0.15) is 4.98 Å². The molecular formula is C18H22N4O. The Hall–Kier alpha value is -2.27. The predicted octanol–water partition coefficient (Wildman–Crippen LogP) is 3.25. The minimum atomic E-state index is -0.103. The molecule has 0 saturated carbocycles. The van der Waals surface area contributed by atoms with Crippen LogP contribution >= 0.6 is 0 Å². The molecule has 2 heterocycles. The van der Waals surface area contributed by atoms with Gasteiger partial charge in [-0.05, 0) is 17.7 Å². The maximum Gasteiger partial charge on any atom is 0.232 e. The van der Waals surface area contributed by atoms with Gasteiger partial charge in [-0.3, -0.25) is 4.98 Å². The summed E-state index contributed by atoms with van der Waals surface area (Å²) in [7, 11) is 0. The van der Waals surface area contributed by atoms with Gasteiger partial charge in [0.25, 0.3) is 0 Å². The van der Waals surface area contributed by atoms with Gasteiger partial charge >= 0.3 is 0 Å². The van der Waals surface area contributed by atoms with Crippen molar-refractivity contribution in [3.8, 4) is 0 Å². The first-order valence-electron chi connectivity index (χ1n) is 7.90. The summed E-state index contributed by atoms with van der Waals surface area (Å²) in [5.41, 5.74) is 2.17. The second kappa shape index (κ2) is 6.46. The number of hydrogen-bond donors (Lipinski definition) is 1. The molecule has 23 heavy (non-hydrogen) atoms. The van der Waals surface area contributed by atoms with Crippen molar-refractivity contribution in [1.29, 1.82) is 0 Å². The smallest absolute Gasteiger partial charge is 0.232 e. The summed E-state index contributed by atoms with van der Waals surface area (Å²) in [6.07, 6.45) is 2.57. The van der Waals surface area contributed by atoms with Crippen LogP contribution in [-0.4, -0.2) is 21.7 Å². The molecule has 0 aliphatic carbocycles. The molecular weight excluding hydrogens is 288 g/mol. The Bertz CT molecular complexity index is 784. The van der Waals surface area contributed by atoms with E-state index in [0.717, 1.165) is 30.9 Å². The summed E-state index contributed by atoms with van der Waals surface area (Å²) < 4.78 is 5.30. The summed E-state index contributed by atoms with van der Waals surface area (Å²) >= 11 is 0. The number of pyridine rings is 1. The van der Waals surface area contributed by atoms with E-state index < -0.39 is 0 Å². The molecule has 5 heteroatoms. The van der Waals surface area contributed by atoms with Crippen molar-refractivity contribution in [3.05, 3.63) is 53.8 Å². The van der Waals surface area contributed by atoms with Crippen LogP contribution in [0.3, 0.4) is 0 Å². The number of hydrogen-bond acceptors (Lipinski definition) is 5. The second-order valence-corrected chi connectivity index (χ2v) is 6.68. The zero-order valence-electron chi connectivity index (χ0n) is 13.8. The standard InChI is InChI=1S/C18H22N4O/c1-18(2,3)17-21-16(22-23-17)9-11-19-12-13-6-4-8-15-14(13)7-5-10-20-15/h4-8,10,19H,9,11-12H2,1-3H3. The number of fused-ring (bicyclic) bond motifs is 1. The minimum Gasteiger partial charge on any atom is -0.339 e. The fraction of sp³-hybridized carbons (Fsp3) is 0.389. The molecule has 3 rings (SSSR count). The van der Waals surface area contributed by atoms with Crippen molar-refractivity contribution in [2.45, 2.75) is 39.2 Å². The normalized spacial score (nSPS) is 12.0. The largest absolute Gasteiger partial charge is 0.339 e. The van der Waals surface area contributed by atoms with E-state index >= 15 is 0 Å². The summed E-state index contributed by atoms with van der Waals surface area (Å²) in [5.74, 6) is 1.44. The molecule has 3 aromatic rings. The Morgan fingerprint density at radius 1 is 1.13 bits per heavy atom. The average molecular weight is 310 g/mol. The van der Waals surface area contributed by atoms with E-state index in [1.54, 1.807) is 0 Å². The van der Waals surface area contributed by atoms with Gasteiger partial charge in [-0.1, -0.05) is 44.1 Å². The highest BCUT2D eigenvalue weighted by Crippen LogP contribution is 2.19. The second-order valence-electron chi connectivity index (χ2n) is 6.68. The molecule has 1 aromatic carbocycles. The highest BCUT2D eigenvalue weighted by molar-refractivity contribution is 5.81. The molecule has 0 aliphatic rings. The summed E-state index contributed by atoms with van der Waals surface area (Å²) in [4.78, 5) is 8.83. The van der Waals surface area contributed by atoms with Crippen LogP contribution in [0, 0.1) is 0 Å². The lowest BCUT2D eigenvalue weighted by atomic mass is 9.97. The fourth-order valence-corrected chi connectivity index (χ4v) is 2.40. The lowest BCUT2D eigenvalue weighted by Crippen LogP contribution is -2.17. The van der Waals surface area contributed by atoms with Crippen LogP contribution in [-0.2, 0) is 18.4 Å². The molecule has 0 radical (unpaired) electrons. The van der Waals surface area contributed by atoms with Gasteiger partial charge < -0.3 is 9.84 Å². The molecule has 0 unspecified atom stereocenters. The van der Waals surface area contributed by atoms with Crippen molar-refractivity contribution in [2.75, 3.05) is 6.54 Å². The summed E-state index contributed by atoms with van der Waals surface area (Å²) in [5, 5.41) is 8.67. The highest BCUT2D eigenvalue weighted by atomic mass is 16.5. The van der Waals surface area contributed by atoms with Crippen LogP contribution in [0.5, 0.6) is 0 Å². The van der Waals surface area contributed by atoms with E-state index in [1.807, 2.05) is 24.4 Å². The van der Waals surface area contributed by atoms with Gasteiger partial charge in [0.05, 0.1) is 5.52 Å². The minimum absolute atomic E-state index is 0.103. The molecule has 0 atom stereocenters. The zero-order chi connectivity index (χ0) is 16.3. The van der Waals surface area contributed by atoms with Crippen molar-refractivity contribution in [2.24, 2.45) is 0 Å². The molecule has 5 nitrogen and oxygen atoms in total. The number of nitrogens with one attached hydrogen (secondary N) is 1. The lowest BCUT2D eigenvalue weighted by molar-refractivity contribution is 0.318. The van der Waals surface area contributed by atoms with Gasteiger partial charge in [-0.15, -0.1) is 0 Å². The van der Waals surface area contributed by atoms with Crippen molar-refractivity contribution in [1.82, 2.24) is 20.4 Å². The van der Waals surface area contributed by atoms with Gasteiger partial charge in [0.2, 0.25) is 5.89 Å². The quantitative estimate of drug-likeness (QED) is 0.733. The Labute approximate surface area is 136 Å². The van der Waals surface area contributed by atoms with Crippen LogP contribution in [0.25, 0.3) is 10.9 Å².